The number of aryl methyl sites for hydroxylation is 2. The fourth-order valence-corrected chi connectivity index (χ4v) is 5.07. The van der Waals surface area contributed by atoms with Gasteiger partial charge in [0.15, 0.2) is 10.8 Å². The molecule has 0 bridgehead atoms. The van der Waals surface area contributed by atoms with E-state index in [0.29, 0.717) is 16.9 Å². The van der Waals surface area contributed by atoms with E-state index in [1.807, 2.05) is 65.4 Å². The molecule has 0 saturated heterocycles. The second kappa shape index (κ2) is 8.74. The van der Waals surface area contributed by atoms with Crippen molar-refractivity contribution in [3.05, 3.63) is 59.7 Å². The number of nitrogens with one attached hydrogen (secondary N) is 1. The third-order valence-electron chi connectivity index (χ3n) is 5.76. The fraction of sp³-hybridized carbons (Fsp3) is 0.348. The first kappa shape index (κ1) is 20.7. The molecule has 0 unspecified atom stereocenters. The Morgan fingerprint density at radius 2 is 1.91 bits per heavy atom. The minimum Gasteiger partial charge on any atom is -0.310 e. The number of thioether (sulfide) groups is 1. The summed E-state index contributed by atoms with van der Waals surface area (Å²) in [6.07, 6.45) is 4.78. The van der Waals surface area contributed by atoms with E-state index in [9.17, 15) is 4.79 Å². The van der Waals surface area contributed by atoms with Gasteiger partial charge in [-0.1, -0.05) is 42.8 Å². The lowest BCUT2D eigenvalue weighted by atomic mass is 10.0. The zero-order valence-electron chi connectivity index (χ0n) is 18.2. The largest absolute Gasteiger partial charge is 0.310 e. The zero-order valence-corrected chi connectivity index (χ0v) is 19.0. The first-order valence-corrected chi connectivity index (χ1v) is 11.8. The van der Waals surface area contributed by atoms with Crippen molar-refractivity contribution >= 4 is 29.1 Å². The highest BCUT2D eigenvalue weighted by Crippen LogP contribution is 2.35. The molecule has 32 heavy (non-hydrogen) atoms. The molecule has 164 valence electrons. The molecule has 1 fully saturated rings. The van der Waals surface area contributed by atoms with Crippen molar-refractivity contribution in [1.29, 1.82) is 0 Å². The van der Waals surface area contributed by atoms with Crippen molar-refractivity contribution in [3.63, 3.8) is 0 Å². The third-order valence-corrected chi connectivity index (χ3v) is 6.69. The second-order valence-corrected chi connectivity index (χ2v) is 9.08. The number of para-hydroxylation sites is 1. The predicted molar refractivity (Wildman–Crippen MR) is 124 cm³/mol. The lowest BCUT2D eigenvalue weighted by Gasteiger charge is -2.09. The van der Waals surface area contributed by atoms with Crippen LogP contribution in [0.5, 0.6) is 0 Å². The Morgan fingerprint density at radius 1 is 1.12 bits per heavy atom. The van der Waals surface area contributed by atoms with Gasteiger partial charge in [-0.25, -0.2) is 9.67 Å². The van der Waals surface area contributed by atoms with Gasteiger partial charge >= 0.3 is 0 Å². The van der Waals surface area contributed by atoms with Gasteiger partial charge in [0.25, 0.3) is 0 Å². The Balaban J connectivity index is 1.35. The number of anilines is 1. The summed E-state index contributed by atoms with van der Waals surface area (Å²) in [5.41, 5.74) is 3.61. The molecule has 0 atom stereocenters. The third kappa shape index (κ3) is 4.12. The first-order valence-electron chi connectivity index (χ1n) is 10.9. The highest BCUT2D eigenvalue weighted by Gasteiger charge is 2.22. The van der Waals surface area contributed by atoms with E-state index in [1.165, 1.54) is 24.6 Å². The summed E-state index contributed by atoms with van der Waals surface area (Å²) in [6, 6.07) is 13.8. The van der Waals surface area contributed by atoms with Crippen molar-refractivity contribution in [1.82, 2.24) is 29.4 Å². The Hall–Kier alpha value is -3.20. The number of fused-ring (bicyclic) bond motifs is 1. The molecule has 1 saturated carbocycles. The van der Waals surface area contributed by atoms with Crippen molar-refractivity contribution in [2.24, 2.45) is 0 Å². The maximum Gasteiger partial charge on any atom is 0.236 e. The van der Waals surface area contributed by atoms with E-state index in [2.05, 4.69) is 20.5 Å². The molecule has 0 aliphatic heterocycles. The van der Waals surface area contributed by atoms with Crippen LogP contribution >= 0.6 is 11.8 Å². The van der Waals surface area contributed by atoms with Crippen LogP contribution in [0.25, 0.3) is 11.3 Å². The van der Waals surface area contributed by atoms with Crippen LogP contribution in [0.2, 0.25) is 0 Å². The predicted octanol–water partition coefficient (Wildman–Crippen LogP) is 4.32. The van der Waals surface area contributed by atoms with E-state index >= 15 is 0 Å². The summed E-state index contributed by atoms with van der Waals surface area (Å²) in [6.45, 7) is 3.84. The van der Waals surface area contributed by atoms with Crippen LogP contribution in [-0.2, 0) is 4.79 Å². The van der Waals surface area contributed by atoms with Gasteiger partial charge in [-0.3, -0.25) is 9.20 Å². The number of hydrogen-bond donors (Lipinski definition) is 1. The zero-order chi connectivity index (χ0) is 22.1. The summed E-state index contributed by atoms with van der Waals surface area (Å²) in [5, 5.41) is 17.0. The Labute approximate surface area is 190 Å². The number of carbonyl (C=O) groups is 1. The molecule has 3 aromatic heterocycles. The van der Waals surface area contributed by atoms with Crippen LogP contribution in [0.3, 0.4) is 0 Å². The molecule has 1 aromatic carbocycles. The second-order valence-electron chi connectivity index (χ2n) is 8.14. The van der Waals surface area contributed by atoms with Gasteiger partial charge in [0.1, 0.15) is 11.6 Å². The SMILES string of the molecule is Cc1cc2nnc(SCC(=O)Nc3cc(C4CCCC4)nn3-c3ccccc3)n2c(C)n1. The van der Waals surface area contributed by atoms with E-state index in [0.717, 1.165) is 41.4 Å². The van der Waals surface area contributed by atoms with Gasteiger partial charge in [-0.2, -0.15) is 5.10 Å². The highest BCUT2D eigenvalue weighted by molar-refractivity contribution is 7.99. The average Bonchev–Trinajstić information content (AvgIpc) is 3.52. The van der Waals surface area contributed by atoms with E-state index in [1.54, 1.807) is 0 Å². The molecule has 0 radical (unpaired) electrons. The van der Waals surface area contributed by atoms with Gasteiger partial charge in [0, 0.05) is 23.7 Å². The summed E-state index contributed by atoms with van der Waals surface area (Å²) in [7, 11) is 0. The van der Waals surface area contributed by atoms with Crippen molar-refractivity contribution < 1.29 is 4.79 Å². The van der Waals surface area contributed by atoms with Crippen LogP contribution in [0.1, 0.15) is 48.8 Å². The van der Waals surface area contributed by atoms with Crippen molar-refractivity contribution in [3.8, 4) is 5.69 Å². The van der Waals surface area contributed by atoms with Crippen LogP contribution < -0.4 is 5.32 Å². The Morgan fingerprint density at radius 3 is 2.69 bits per heavy atom. The summed E-state index contributed by atoms with van der Waals surface area (Å²) < 4.78 is 3.71. The monoisotopic (exact) mass is 447 g/mol. The lowest BCUT2D eigenvalue weighted by molar-refractivity contribution is -0.113. The normalized spacial score (nSPS) is 14.3. The molecular formula is C23H25N7OS. The van der Waals surface area contributed by atoms with E-state index in [4.69, 9.17) is 5.10 Å². The fourth-order valence-electron chi connectivity index (χ4n) is 4.28. The molecule has 5 rings (SSSR count). The molecule has 0 spiro atoms. The molecule has 1 aliphatic carbocycles. The van der Waals surface area contributed by atoms with Crippen LogP contribution in [0.4, 0.5) is 5.82 Å². The molecule has 1 amide bonds. The molecule has 9 heteroatoms. The molecular weight excluding hydrogens is 422 g/mol. The average molecular weight is 448 g/mol. The Bertz CT molecular complexity index is 1260. The maximum absolute atomic E-state index is 12.9. The maximum atomic E-state index is 12.9. The quantitative estimate of drug-likeness (QED) is 0.443. The van der Waals surface area contributed by atoms with Gasteiger partial charge in [0.2, 0.25) is 5.91 Å². The van der Waals surface area contributed by atoms with Crippen molar-refractivity contribution in [2.75, 3.05) is 11.1 Å². The number of aromatic nitrogens is 6. The minimum absolute atomic E-state index is 0.112. The molecule has 3 heterocycles. The Kier molecular flexibility index (Phi) is 5.65. The number of nitrogens with zero attached hydrogens (tertiary/aromatic N) is 6. The lowest BCUT2D eigenvalue weighted by Crippen LogP contribution is -2.17. The molecule has 8 nitrogen and oxygen atoms in total. The number of rotatable bonds is 6. The number of benzene rings is 1. The summed E-state index contributed by atoms with van der Waals surface area (Å²) in [4.78, 5) is 17.3. The first-order chi connectivity index (χ1) is 15.6. The smallest absolute Gasteiger partial charge is 0.236 e. The van der Waals surface area contributed by atoms with Gasteiger partial charge in [-0.05, 0) is 38.8 Å². The molecule has 1 aliphatic rings. The van der Waals surface area contributed by atoms with E-state index < -0.39 is 0 Å². The van der Waals surface area contributed by atoms with Crippen LogP contribution in [0.15, 0.2) is 47.6 Å². The highest BCUT2D eigenvalue weighted by atomic mass is 32.2. The standard InChI is InChI=1S/C23H25N7OS/c1-15-12-21-26-27-23(29(21)16(2)24-15)32-14-22(31)25-20-13-19(17-8-6-7-9-17)28-30(20)18-10-4-3-5-11-18/h3-5,10-13,17H,6-9,14H2,1-2H3,(H,25,31). The molecule has 4 aromatic rings. The number of amides is 1. The van der Waals surface area contributed by atoms with Crippen LogP contribution in [0, 0.1) is 13.8 Å². The topological polar surface area (TPSA) is 90.0 Å². The van der Waals surface area contributed by atoms with E-state index in [-0.39, 0.29) is 11.7 Å². The molecule has 1 N–H and O–H groups in total. The van der Waals surface area contributed by atoms with Gasteiger partial charge in [0.05, 0.1) is 17.1 Å². The number of hydrogen-bond acceptors (Lipinski definition) is 6. The van der Waals surface area contributed by atoms with Gasteiger partial charge in [-0.15, -0.1) is 10.2 Å². The van der Waals surface area contributed by atoms with Gasteiger partial charge < -0.3 is 5.32 Å². The van der Waals surface area contributed by atoms with Crippen molar-refractivity contribution in [2.45, 2.75) is 50.6 Å². The van der Waals surface area contributed by atoms with Crippen LogP contribution in [-0.4, -0.2) is 41.0 Å². The number of carbonyl (C=O) groups excluding carboxylic acids is 1. The summed E-state index contributed by atoms with van der Waals surface area (Å²) in [5.74, 6) is 2.07. The minimum atomic E-state index is -0.112. The summed E-state index contributed by atoms with van der Waals surface area (Å²) >= 11 is 1.35.